The Morgan fingerprint density at radius 3 is 1.34 bits per heavy atom. The molecule has 2 heterocycles. The lowest BCUT2D eigenvalue weighted by atomic mass is 10.1. The lowest BCUT2D eigenvalue weighted by molar-refractivity contribution is -0.139. The third kappa shape index (κ3) is 31.2. The Balaban J connectivity index is 1.85. The topological polar surface area (TPSA) is 333 Å². The number of carbonyl (C=O) groups is 9. The molecule has 2 fully saturated rings. The van der Waals surface area contributed by atoms with Crippen molar-refractivity contribution in [3.05, 3.63) is 0 Å². The quantitative estimate of drug-likeness (QED) is 0.0215. The average Bonchev–Trinajstić information content (AvgIpc) is 4.25. The van der Waals surface area contributed by atoms with Gasteiger partial charge in [0.2, 0.25) is 41.4 Å². The zero-order chi connectivity index (χ0) is 49.9. The number of carbonyl (C=O) groups excluding carboxylic acids is 9. The van der Waals surface area contributed by atoms with Crippen LogP contribution in [-0.2, 0) is 52.5 Å². The second kappa shape index (κ2) is 37.0. The Morgan fingerprint density at radius 2 is 0.912 bits per heavy atom. The van der Waals surface area contributed by atoms with Crippen molar-refractivity contribution in [2.24, 2.45) is 11.5 Å². The van der Waals surface area contributed by atoms with Crippen molar-refractivity contribution in [3.63, 3.8) is 0 Å². The Hall–Kier alpha value is -3.93. The number of primary amides is 2. The summed E-state index contributed by atoms with van der Waals surface area (Å²) in [6.45, 7) is 1.39. The summed E-state index contributed by atoms with van der Waals surface area (Å²) in [5.41, 5.74) is 11.0. The van der Waals surface area contributed by atoms with Crippen LogP contribution in [0.1, 0.15) is 77.0 Å². The van der Waals surface area contributed by atoms with Crippen LogP contribution in [0.5, 0.6) is 0 Å². The highest BCUT2D eigenvalue weighted by Gasteiger charge is 2.30. The van der Waals surface area contributed by atoms with Gasteiger partial charge in [-0.05, 0) is 57.8 Å². The van der Waals surface area contributed by atoms with Crippen molar-refractivity contribution in [3.8, 4) is 0 Å². The van der Waals surface area contributed by atoms with Gasteiger partial charge in [-0.15, -0.1) is 0 Å². The SMILES string of the molecule is COCCOC(=O)NCCCN(CCCNC(=O)OCCOC)C(=O)CCCC(=O)NCCC(=O)N(CC(=O)NCCCC[C@H](NC1SS1)C(N)=O)CC(=O)NCCCC[C@H](NC1SS1)C(N)=O. The minimum atomic E-state index is -0.613. The van der Waals surface area contributed by atoms with Gasteiger partial charge in [0.05, 0.1) is 25.3 Å². The summed E-state index contributed by atoms with van der Waals surface area (Å²) in [4.78, 5) is 115. The van der Waals surface area contributed by atoms with Crippen molar-refractivity contribution >= 4 is 96.7 Å². The van der Waals surface area contributed by atoms with Crippen molar-refractivity contribution in [2.45, 2.75) is 98.5 Å². The van der Waals surface area contributed by atoms with E-state index in [0.29, 0.717) is 64.5 Å². The molecule has 0 unspecified atom stereocenters. The highest BCUT2D eigenvalue weighted by Crippen LogP contribution is 2.51. The van der Waals surface area contributed by atoms with Gasteiger partial charge in [-0.3, -0.25) is 44.2 Å². The van der Waals surface area contributed by atoms with E-state index < -0.39 is 72.8 Å². The number of methoxy groups -OCH3 is 2. The molecule has 0 aliphatic carbocycles. The molecule has 68 heavy (non-hydrogen) atoms. The summed E-state index contributed by atoms with van der Waals surface area (Å²) < 4.78 is 20.0. The van der Waals surface area contributed by atoms with Crippen LogP contribution in [-0.4, -0.2) is 184 Å². The van der Waals surface area contributed by atoms with E-state index in [-0.39, 0.29) is 100 Å². The molecule has 0 saturated carbocycles. The van der Waals surface area contributed by atoms with Crippen molar-refractivity contribution < 1.29 is 62.1 Å². The summed E-state index contributed by atoms with van der Waals surface area (Å²) in [7, 11) is 9.40. The van der Waals surface area contributed by atoms with E-state index in [4.69, 9.17) is 30.4 Å². The first kappa shape index (κ1) is 60.2. The number of nitrogens with two attached hydrogens (primary N) is 2. The van der Waals surface area contributed by atoms with Gasteiger partial charge in [0, 0.05) is 79.3 Å². The van der Waals surface area contributed by atoms with Gasteiger partial charge in [-0.2, -0.15) is 0 Å². The zero-order valence-corrected chi connectivity index (χ0v) is 42.2. The smallest absolute Gasteiger partial charge is 0.407 e. The first-order valence-electron chi connectivity index (χ1n) is 22.6. The number of nitrogens with one attached hydrogen (secondary N) is 7. The van der Waals surface area contributed by atoms with Gasteiger partial charge in [-0.1, -0.05) is 43.2 Å². The van der Waals surface area contributed by atoms with Crippen LogP contribution in [0.2, 0.25) is 0 Å². The molecule has 24 nitrogen and oxygen atoms in total. The third-order valence-electron chi connectivity index (χ3n) is 9.85. The van der Waals surface area contributed by atoms with E-state index in [1.165, 1.54) is 14.2 Å². The maximum atomic E-state index is 13.4. The minimum Gasteiger partial charge on any atom is -0.447 e. The molecule has 388 valence electrons. The summed E-state index contributed by atoms with van der Waals surface area (Å²) in [6.07, 6.45) is 2.92. The second-order valence-electron chi connectivity index (χ2n) is 15.4. The van der Waals surface area contributed by atoms with Gasteiger partial charge < -0.3 is 66.8 Å². The molecule has 2 saturated heterocycles. The van der Waals surface area contributed by atoms with E-state index in [1.54, 1.807) is 48.1 Å². The number of rotatable bonds is 41. The third-order valence-corrected chi connectivity index (χ3v) is 13.5. The number of hydrogen-bond acceptors (Lipinski definition) is 19. The molecule has 0 aromatic rings. The number of amides is 9. The fraction of sp³-hybridized carbons (Fsp3) is 0.775. The molecule has 0 aromatic carbocycles. The fourth-order valence-corrected chi connectivity index (χ4v) is 8.13. The maximum absolute atomic E-state index is 13.4. The normalized spacial score (nSPS) is 13.9. The molecule has 2 atom stereocenters. The van der Waals surface area contributed by atoms with E-state index in [2.05, 4.69) is 37.2 Å². The molecule has 9 amide bonds. The number of hydrogen-bond donors (Lipinski definition) is 9. The standard InChI is InChI=1S/C40H71N11O13S4/c1-61-22-24-63-37(59)46-17-8-20-50(21-9-18-47-38(60)64-25-23-62-2)33(55)13-7-12-30(52)45-19-14-34(56)51(26-31(53)43-15-5-3-10-28(35(41)57)48-39-65-66-39)27-32(54)44-16-6-4-11-29(36(42)58)49-40-67-68-40/h28-29,39-40,48-49H,3-27H2,1-2H3,(H2,41,57)(H2,42,58)(H,43,53)(H,44,54)(H,45,52)(H,46,59)(H,47,60)/t28-,29-/m0/s1. The van der Waals surface area contributed by atoms with E-state index in [9.17, 15) is 43.2 Å². The molecule has 2 rings (SSSR count). The van der Waals surface area contributed by atoms with Crippen molar-refractivity contribution in [1.29, 1.82) is 0 Å². The Kier molecular flexibility index (Phi) is 32.7. The Bertz CT molecular complexity index is 1500. The Morgan fingerprint density at radius 1 is 0.485 bits per heavy atom. The largest absolute Gasteiger partial charge is 0.447 e. The molecule has 0 aromatic heterocycles. The van der Waals surface area contributed by atoms with Crippen molar-refractivity contribution in [1.82, 2.24) is 47.0 Å². The van der Waals surface area contributed by atoms with Crippen LogP contribution in [0.25, 0.3) is 0 Å². The van der Waals surface area contributed by atoms with Gasteiger partial charge in [0.15, 0.2) is 0 Å². The van der Waals surface area contributed by atoms with Crippen LogP contribution < -0.4 is 48.7 Å². The predicted molar refractivity (Wildman–Crippen MR) is 260 cm³/mol. The first-order valence-corrected chi connectivity index (χ1v) is 27.2. The van der Waals surface area contributed by atoms with Gasteiger partial charge in [0.25, 0.3) is 0 Å². The summed E-state index contributed by atoms with van der Waals surface area (Å²) in [6, 6.07) is -0.959. The van der Waals surface area contributed by atoms with Crippen molar-refractivity contribution in [2.75, 3.05) is 99.5 Å². The number of unbranched alkanes of at least 4 members (excludes halogenated alkanes) is 2. The highest BCUT2D eigenvalue weighted by molar-refractivity contribution is 8.93. The van der Waals surface area contributed by atoms with Gasteiger partial charge >= 0.3 is 12.2 Å². The highest BCUT2D eigenvalue weighted by atomic mass is 33.2. The van der Waals surface area contributed by atoms with Crippen LogP contribution in [0, 0.1) is 0 Å². The maximum Gasteiger partial charge on any atom is 0.407 e. The van der Waals surface area contributed by atoms with Gasteiger partial charge in [-0.25, -0.2) is 9.59 Å². The number of nitrogens with zero attached hydrogens (tertiary/aromatic N) is 2. The molecule has 28 heteroatoms. The molecular weight excluding hydrogens is 971 g/mol. The zero-order valence-electron chi connectivity index (χ0n) is 39.0. The molecule has 2 aliphatic rings. The summed E-state index contributed by atoms with van der Waals surface area (Å²) >= 11 is 0. The molecule has 11 N–H and O–H groups in total. The predicted octanol–water partition coefficient (Wildman–Crippen LogP) is -0.337. The summed E-state index contributed by atoms with van der Waals surface area (Å²) in [5.74, 6) is -3.06. The van der Waals surface area contributed by atoms with Crippen LogP contribution in [0.4, 0.5) is 9.59 Å². The fourth-order valence-electron chi connectivity index (χ4n) is 6.14. The van der Waals surface area contributed by atoms with E-state index in [0.717, 1.165) is 4.90 Å². The molecule has 2 aliphatic heterocycles. The molecule has 0 spiro atoms. The minimum absolute atomic E-state index is 0.0183. The molecule has 0 radical (unpaired) electrons. The van der Waals surface area contributed by atoms with E-state index >= 15 is 0 Å². The van der Waals surface area contributed by atoms with Gasteiger partial charge in [0.1, 0.15) is 35.7 Å². The first-order chi connectivity index (χ1) is 32.7. The average molecular weight is 1040 g/mol. The second-order valence-corrected chi connectivity index (χ2v) is 20.9. The lowest BCUT2D eigenvalue weighted by Crippen LogP contribution is -2.46. The van der Waals surface area contributed by atoms with E-state index in [1.807, 2.05) is 0 Å². The van der Waals surface area contributed by atoms with Crippen LogP contribution in [0.3, 0.4) is 0 Å². The van der Waals surface area contributed by atoms with Crippen LogP contribution in [0.15, 0.2) is 0 Å². The monoisotopic (exact) mass is 1040 g/mol. The Labute approximate surface area is 413 Å². The molecular formula is C40H71N11O13S4. The molecule has 0 bridgehead atoms. The summed E-state index contributed by atoms with van der Waals surface area (Å²) in [5, 5.41) is 19.7. The lowest BCUT2D eigenvalue weighted by Gasteiger charge is -2.23. The number of alkyl carbamates (subject to hydrolysis) is 2. The van der Waals surface area contributed by atoms with Crippen LogP contribution >= 0.6 is 43.2 Å². The number of ether oxygens (including phenoxy) is 4.